The van der Waals surface area contributed by atoms with Crippen LogP contribution in [0.25, 0.3) is 0 Å². The fourth-order valence-corrected chi connectivity index (χ4v) is 1.95. The van der Waals surface area contributed by atoms with Crippen LogP contribution in [0.1, 0.15) is 15.9 Å². The first-order chi connectivity index (χ1) is 8.58. The molecule has 5 heteroatoms. The Hall–Kier alpha value is -1.58. The third kappa shape index (κ3) is 2.81. The van der Waals surface area contributed by atoms with Gasteiger partial charge in [-0.3, -0.25) is 9.78 Å². The molecule has 3 nitrogen and oxygen atoms in total. The number of aryl methyl sites for hydroxylation is 1. The summed E-state index contributed by atoms with van der Waals surface area (Å²) in [6.07, 6.45) is 3.26. The van der Waals surface area contributed by atoms with Crippen molar-refractivity contribution in [2.75, 3.05) is 5.32 Å². The molecule has 92 valence electrons. The lowest BCUT2D eigenvalue weighted by atomic mass is 10.2. The zero-order chi connectivity index (χ0) is 13.1. The van der Waals surface area contributed by atoms with Crippen molar-refractivity contribution in [2.45, 2.75) is 6.92 Å². The Labute approximate surface area is 115 Å². The zero-order valence-corrected chi connectivity index (χ0v) is 11.1. The molecule has 0 fully saturated rings. The van der Waals surface area contributed by atoms with E-state index in [2.05, 4.69) is 10.3 Å². The molecule has 1 amide bonds. The fourth-order valence-electron chi connectivity index (χ4n) is 1.46. The molecule has 0 bridgehead atoms. The molecule has 18 heavy (non-hydrogen) atoms. The first-order valence-corrected chi connectivity index (χ1v) is 6.00. The van der Waals surface area contributed by atoms with Gasteiger partial charge in [-0.15, -0.1) is 0 Å². The monoisotopic (exact) mass is 280 g/mol. The van der Waals surface area contributed by atoms with E-state index in [1.807, 2.05) is 13.0 Å². The van der Waals surface area contributed by atoms with Gasteiger partial charge in [0.15, 0.2) is 0 Å². The lowest BCUT2D eigenvalue weighted by Crippen LogP contribution is -2.13. The molecule has 0 aliphatic carbocycles. The molecule has 2 rings (SSSR count). The van der Waals surface area contributed by atoms with Crippen molar-refractivity contribution in [1.82, 2.24) is 4.98 Å². The van der Waals surface area contributed by atoms with E-state index in [0.717, 1.165) is 5.56 Å². The van der Waals surface area contributed by atoms with Crippen LogP contribution >= 0.6 is 23.2 Å². The van der Waals surface area contributed by atoms with Gasteiger partial charge >= 0.3 is 0 Å². The van der Waals surface area contributed by atoms with Crippen LogP contribution in [-0.2, 0) is 0 Å². The molecule has 0 aliphatic heterocycles. The second-order valence-corrected chi connectivity index (χ2v) is 4.61. The molecule has 1 heterocycles. The van der Waals surface area contributed by atoms with Crippen LogP contribution in [-0.4, -0.2) is 10.9 Å². The smallest absolute Gasteiger partial charge is 0.257 e. The maximum atomic E-state index is 12.0. The third-order valence-corrected chi connectivity index (χ3v) is 3.01. The predicted molar refractivity (Wildman–Crippen MR) is 73.4 cm³/mol. The van der Waals surface area contributed by atoms with Crippen LogP contribution in [0.15, 0.2) is 36.7 Å². The van der Waals surface area contributed by atoms with Crippen molar-refractivity contribution in [3.63, 3.8) is 0 Å². The highest BCUT2D eigenvalue weighted by molar-refractivity contribution is 6.37. The summed E-state index contributed by atoms with van der Waals surface area (Å²) in [6.45, 7) is 1.89. The van der Waals surface area contributed by atoms with Gasteiger partial charge in [-0.05, 0) is 36.8 Å². The summed E-state index contributed by atoms with van der Waals surface area (Å²) >= 11 is 11.8. The Morgan fingerprint density at radius 1 is 1.28 bits per heavy atom. The van der Waals surface area contributed by atoms with Gasteiger partial charge < -0.3 is 5.32 Å². The van der Waals surface area contributed by atoms with E-state index < -0.39 is 0 Å². The molecule has 1 N–H and O–H groups in total. The van der Waals surface area contributed by atoms with E-state index in [1.54, 1.807) is 24.5 Å². The van der Waals surface area contributed by atoms with E-state index in [0.29, 0.717) is 21.3 Å². The van der Waals surface area contributed by atoms with Gasteiger partial charge in [0, 0.05) is 11.2 Å². The minimum Gasteiger partial charge on any atom is -0.320 e. The number of carbonyl (C=O) groups is 1. The summed E-state index contributed by atoms with van der Waals surface area (Å²) in [7, 11) is 0. The number of hydrogen-bond acceptors (Lipinski definition) is 2. The minimum absolute atomic E-state index is 0.284. The van der Waals surface area contributed by atoms with Crippen molar-refractivity contribution < 1.29 is 4.79 Å². The van der Waals surface area contributed by atoms with Crippen molar-refractivity contribution >= 4 is 34.8 Å². The maximum absolute atomic E-state index is 12.0. The second-order valence-electron chi connectivity index (χ2n) is 3.77. The van der Waals surface area contributed by atoms with E-state index >= 15 is 0 Å². The first kappa shape index (κ1) is 12.9. The van der Waals surface area contributed by atoms with Gasteiger partial charge in [-0.2, -0.15) is 0 Å². The Morgan fingerprint density at radius 3 is 2.72 bits per heavy atom. The fraction of sp³-hybridized carbons (Fsp3) is 0.0769. The Bertz CT molecular complexity index is 599. The highest BCUT2D eigenvalue weighted by Gasteiger charge is 2.11. The van der Waals surface area contributed by atoms with Crippen LogP contribution in [0.3, 0.4) is 0 Å². The Kier molecular flexibility index (Phi) is 3.84. The second kappa shape index (κ2) is 5.38. The van der Waals surface area contributed by atoms with Gasteiger partial charge in [0.25, 0.3) is 5.91 Å². The molecule has 0 atom stereocenters. The first-order valence-electron chi connectivity index (χ1n) is 5.25. The van der Waals surface area contributed by atoms with Gasteiger partial charge in [-0.1, -0.05) is 23.2 Å². The quantitative estimate of drug-likeness (QED) is 0.905. The lowest BCUT2D eigenvalue weighted by molar-refractivity contribution is 0.102. The molecular formula is C13H10Cl2N2O. The summed E-state index contributed by atoms with van der Waals surface area (Å²) in [5.41, 5.74) is 1.97. The van der Waals surface area contributed by atoms with Crippen molar-refractivity contribution in [1.29, 1.82) is 0 Å². The van der Waals surface area contributed by atoms with Crippen LogP contribution in [0.2, 0.25) is 10.0 Å². The van der Waals surface area contributed by atoms with Crippen LogP contribution in [0.5, 0.6) is 0 Å². The van der Waals surface area contributed by atoms with Crippen LogP contribution in [0, 0.1) is 6.92 Å². The number of halogens is 2. The highest BCUT2D eigenvalue weighted by Crippen LogP contribution is 2.22. The minimum atomic E-state index is -0.284. The van der Waals surface area contributed by atoms with E-state index in [9.17, 15) is 4.79 Å². The van der Waals surface area contributed by atoms with Gasteiger partial charge in [0.1, 0.15) is 0 Å². The van der Waals surface area contributed by atoms with E-state index in [-0.39, 0.29) is 5.91 Å². The molecule has 0 spiro atoms. The summed E-state index contributed by atoms with van der Waals surface area (Å²) in [6, 6.07) is 6.57. The normalized spacial score (nSPS) is 10.2. The SMILES string of the molecule is Cc1ccncc1NC(=O)c1ccc(Cl)cc1Cl. The molecule has 0 aliphatic rings. The number of hydrogen-bond donors (Lipinski definition) is 1. The molecule has 0 unspecified atom stereocenters. The van der Waals surface area contributed by atoms with Gasteiger partial charge in [0.2, 0.25) is 0 Å². The van der Waals surface area contributed by atoms with E-state index in [4.69, 9.17) is 23.2 Å². The average molecular weight is 281 g/mol. The molecule has 2 aromatic rings. The lowest BCUT2D eigenvalue weighted by Gasteiger charge is -2.08. The van der Waals surface area contributed by atoms with Crippen molar-refractivity contribution in [2.24, 2.45) is 0 Å². The topological polar surface area (TPSA) is 42.0 Å². The maximum Gasteiger partial charge on any atom is 0.257 e. The summed E-state index contributed by atoms with van der Waals surface area (Å²) in [4.78, 5) is 16.0. The summed E-state index contributed by atoms with van der Waals surface area (Å²) in [5, 5.41) is 3.57. The standard InChI is InChI=1S/C13H10Cl2N2O/c1-8-4-5-16-7-12(8)17-13(18)10-3-2-9(14)6-11(10)15/h2-7H,1H3,(H,17,18). The van der Waals surface area contributed by atoms with Gasteiger partial charge in [-0.25, -0.2) is 0 Å². The number of amides is 1. The molecule has 0 saturated heterocycles. The predicted octanol–water partition coefficient (Wildman–Crippen LogP) is 3.95. The van der Waals surface area contributed by atoms with Crippen LogP contribution < -0.4 is 5.32 Å². The molecular weight excluding hydrogens is 271 g/mol. The number of aromatic nitrogens is 1. The molecule has 1 aromatic heterocycles. The van der Waals surface area contributed by atoms with E-state index in [1.165, 1.54) is 6.07 Å². The molecule has 0 radical (unpaired) electrons. The Balaban J connectivity index is 2.25. The molecule has 1 aromatic carbocycles. The summed E-state index contributed by atoms with van der Waals surface area (Å²) in [5.74, 6) is -0.284. The number of nitrogens with one attached hydrogen (secondary N) is 1. The number of carbonyl (C=O) groups excluding carboxylic acids is 1. The van der Waals surface area contributed by atoms with Crippen molar-refractivity contribution in [3.05, 3.63) is 57.8 Å². The zero-order valence-electron chi connectivity index (χ0n) is 9.58. The number of nitrogens with zero attached hydrogens (tertiary/aromatic N) is 1. The highest BCUT2D eigenvalue weighted by atomic mass is 35.5. The average Bonchev–Trinajstić information content (AvgIpc) is 2.32. The third-order valence-electron chi connectivity index (χ3n) is 2.46. The number of pyridine rings is 1. The largest absolute Gasteiger partial charge is 0.320 e. The number of rotatable bonds is 2. The van der Waals surface area contributed by atoms with Gasteiger partial charge in [0.05, 0.1) is 22.5 Å². The Morgan fingerprint density at radius 2 is 2.06 bits per heavy atom. The van der Waals surface area contributed by atoms with Crippen LogP contribution in [0.4, 0.5) is 5.69 Å². The number of benzene rings is 1. The molecule has 0 saturated carbocycles. The summed E-state index contributed by atoms with van der Waals surface area (Å²) < 4.78 is 0. The van der Waals surface area contributed by atoms with Crippen molar-refractivity contribution in [3.8, 4) is 0 Å². The number of anilines is 1.